The van der Waals surface area contributed by atoms with Crippen molar-refractivity contribution in [3.63, 3.8) is 0 Å². The van der Waals surface area contributed by atoms with Crippen molar-refractivity contribution in [3.05, 3.63) is 70.5 Å². The highest BCUT2D eigenvalue weighted by atomic mass is 19.3. The summed E-state index contributed by atoms with van der Waals surface area (Å²) in [7, 11) is 0. The molecule has 174 valence electrons. The van der Waals surface area contributed by atoms with Crippen molar-refractivity contribution in [1.82, 2.24) is 0 Å². The first-order chi connectivity index (χ1) is 15.5. The minimum absolute atomic E-state index is 0.126. The lowest BCUT2D eigenvalue weighted by Gasteiger charge is -2.28. The van der Waals surface area contributed by atoms with Crippen molar-refractivity contribution >= 4 is 6.08 Å². The SMILES string of the molecule is CCCC1CCC(c2ccc(CC/C=C/c3ccc(OCC)c(F)c3C(F)F)cc2)CC1. The van der Waals surface area contributed by atoms with Crippen molar-refractivity contribution in [2.45, 2.75) is 77.6 Å². The maximum Gasteiger partial charge on any atom is 0.267 e. The van der Waals surface area contributed by atoms with E-state index in [0.29, 0.717) is 12.3 Å². The fraction of sp³-hybridized carbons (Fsp3) is 0.500. The zero-order chi connectivity index (χ0) is 22.9. The number of hydrogen-bond donors (Lipinski definition) is 0. The van der Waals surface area contributed by atoms with Crippen molar-refractivity contribution in [2.75, 3.05) is 6.61 Å². The smallest absolute Gasteiger partial charge is 0.267 e. The van der Waals surface area contributed by atoms with Gasteiger partial charge in [-0.3, -0.25) is 0 Å². The molecule has 0 bridgehead atoms. The normalized spacial score (nSPS) is 19.1. The van der Waals surface area contributed by atoms with Crippen molar-refractivity contribution in [2.24, 2.45) is 5.92 Å². The summed E-state index contributed by atoms with van der Waals surface area (Å²) in [5.41, 5.74) is 2.27. The zero-order valence-electron chi connectivity index (χ0n) is 19.3. The van der Waals surface area contributed by atoms with Gasteiger partial charge >= 0.3 is 0 Å². The third kappa shape index (κ3) is 6.40. The zero-order valence-corrected chi connectivity index (χ0v) is 19.3. The predicted molar refractivity (Wildman–Crippen MR) is 126 cm³/mol. The molecule has 32 heavy (non-hydrogen) atoms. The topological polar surface area (TPSA) is 9.23 Å². The van der Waals surface area contributed by atoms with Crippen molar-refractivity contribution < 1.29 is 17.9 Å². The van der Waals surface area contributed by atoms with Gasteiger partial charge in [0.05, 0.1) is 12.2 Å². The summed E-state index contributed by atoms with van der Waals surface area (Å²) in [5.74, 6) is 0.498. The van der Waals surface area contributed by atoms with Gasteiger partial charge < -0.3 is 4.74 Å². The molecule has 2 aromatic rings. The second kappa shape index (κ2) is 12.1. The van der Waals surface area contributed by atoms with Crippen LogP contribution < -0.4 is 4.74 Å². The summed E-state index contributed by atoms with van der Waals surface area (Å²) in [4.78, 5) is 0. The average Bonchev–Trinajstić information content (AvgIpc) is 2.79. The molecule has 0 amide bonds. The first kappa shape index (κ1) is 24.4. The molecule has 3 rings (SSSR count). The van der Waals surface area contributed by atoms with Crippen LogP contribution in [0.2, 0.25) is 0 Å². The molecule has 2 aromatic carbocycles. The Bertz CT molecular complexity index is 865. The van der Waals surface area contributed by atoms with Gasteiger partial charge in [-0.05, 0) is 80.0 Å². The molecule has 4 heteroatoms. The fourth-order valence-corrected chi connectivity index (χ4v) is 4.83. The third-order valence-corrected chi connectivity index (χ3v) is 6.59. The summed E-state index contributed by atoms with van der Waals surface area (Å²) in [5, 5.41) is 0. The number of alkyl halides is 2. The lowest BCUT2D eigenvalue weighted by atomic mass is 9.77. The first-order valence-electron chi connectivity index (χ1n) is 12.0. The summed E-state index contributed by atoms with van der Waals surface area (Å²) in [6, 6.07) is 11.8. The lowest BCUT2D eigenvalue weighted by molar-refractivity contribution is 0.144. The predicted octanol–water partition coefficient (Wildman–Crippen LogP) is 8.88. The van der Waals surface area contributed by atoms with E-state index >= 15 is 0 Å². The van der Waals surface area contributed by atoms with Crippen LogP contribution in [0, 0.1) is 11.7 Å². The Balaban J connectivity index is 1.55. The number of hydrogen-bond acceptors (Lipinski definition) is 1. The van der Waals surface area contributed by atoms with Crippen LogP contribution >= 0.6 is 0 Å². The molecule has 0 atom stereocenters. The van der Waals surface area contributed by atoms with E-state index in [2.05, 4.69) is 31.2 Å². The Morgan fingerprint density at radius 1 is 1.00 bits per heavy atom. The van der Waals surface area contributed by atoms with Crippen LogP contribution in [0.3, 0.4) is 0 Å². The lowest BCUT2D eigenvalue weighted by Crippen LogP contribution is -2.13. The van der Waals surface area contributed by atoms with Gasteiger partial charge in [-0.1, -0.05) is 62.2 Å². The van der Waals surface area contributed by atoms with Crippen LogP contribution in [0.25, 0.3) is 6.08 Å². The van der Waals surface area contributed by atoms with E-state index in [1.807, 2.05) is 6.08 Å². The number of benzene rings is 2. The molecular weight excluding hydrogens is 409 g/mol. The van der Waals surface area contributed by atoms with Crippen molar-refractivity contribution in [3.8, 4) is 5.75 Å². The molecule has 1 fully saturated rings. The molecule has 1 nitrogen and oxygen atoms in total. The Morgan fingerprint density at radius 2 is 1.72 bits per heavy atom. The van der Waals surface area contributed by atoms with E-state index in [0.717, 1.165) is 12.3 Å². The van der Waals surface area contributed by atoms with Crippen LogP contribution in [0.5, 0.6) is 5.75 Å². The maximum atomic E-state index is 14.4. The standard InChI is InChI=1S/C28H35F3O/c1-3-7-20-10-14-22(15-11-20)23-16-12-21(13-17-23)8-5-6-9-24-18-19-25(32-4-2)27(29)26(24)28(30)31/h6,9,12-13,16-20,22,28H,3-5,7-8,10-11,14-15H2,1-2H3/b9-6+. The van der Waals surface area contributed by atoms with Gasteiger partial charge in [0.1, 0.15) is 0 Å². The number of rotatable bonds is 10. The molecule has 0 saturated heterocycles. The van der Waals surface area contributed by atoms with Crippen LogP contribution in [0.15, 0.2) is 42.5 Å². The molecule has 0 heterocycles. The van der Waals surface area contributed by atoms with Gasteiger partial charge in [-0.15, -0.1) is 0 Å². The van der Waals surface area contributed by atoms with Crippen molar-refractivity contribution in [1.29, 1.82) is 0 Å². The van der Waals surface area contributed by atoms with Crippen LogP contribution in [0.1, 0.15) is 93.4 Å². The average molecular weight is 445 g/mol. The summed E-state index contributed by atoms with van der Waals surface area (Å²) >= 11 is 0. The van der Waals surface area contributed by atoms with E-state index < -0.39 is 17.8 Å². The number of allylic oxidation sites excluding steroid dienone is 1. The Hall–Kier alpha value is -2.23. The molecule has 0 spiro atoms. The molecular formula is C28H35F3O. The third-order valence-electron chi connectivity index (χ3n) is 6.59. The maximum absolute atomic E-state index is 14.4. The Kier molecular flexibility index (Phi) is 9.25. The summed E-state index contributed by atoms with van der Waals surface area (Å²) in [6.45, 7) is 4.20. The molecule has 1 saturated carbocycles. The minimum Gasteiger partial charge on any atom is -0.491 e. The Labute approximate surface area is 190 Å². The van der Waals surface area contributed by atoms with Crippen LogP contribution in [-0.4, -0.2) is 6.61 Å². The van der Waals surface area contributed by atoms with E-state index in [4.69, 9.17) is 4.74 Å². The monoisotopic (exact) mass is 444 g/mol. The van der Waals surface area contributed by atoms with E-state index in [-0.39, 0.29) is 17.9 Å². The fourth-order valence-electron chi connectivity index (χ4n) is 4.83. The van der Waals surface area contributed by atoms with Gasteiger partial charge in [0.15, 0.2) is 11.6 Å². The number of aryl methyl sites for hydroxylation is 1. The molecule has 0 aromatic heterocycles. The molecule has 0 radical (unpaired) electrons. The largest absolute Gasteiger partial charge is 0.491 e. The van der Waals surface area contributed by atoms with Crippen LogP contribution in [0.4, 0.5) is 13.2 Å². The molecule has 1 aliphatic rings. The quantitative estimate of drug-likeness (QED) is 0.355. The minimum atomic E-state index is -2.89. The van der Waals surface area contributed by atoms with E-state index in [9.17, 15) is 13.2 Å². The second-order valence-corrected chi connectivity index (χ2v) is 8.80. The second-order valence-electron chi connectivity index (χ2n) is 8.80. The molecule has 0 aliphatic heterocycles. The Morgan fingerprint density at radius 3 is 2.34 bits per heavy atom. The molecule has 1 aliphatic carbocycles. The van der Waals surface area contributed by atoms with Gasteiger partial charge in [0, 0.05) is 0 Å². The summed E-state index contributed by atoms with van der Waals surface area (Å²) in [6.07, 6.45) is 9.98. The highest BCUT2D eigenvalue weighted by Gasteiger charge is 2.22. The molecule has 0 N–H and O–H groups in total. The van der Waals surface area contributed by atoms with Gasteiger partial charge in [-0.2, -0.15) is 0 Å². The van der Waals surface area contributed by atoms with E-state index in [1.54, 1.807) is 13.0 Å². The van der Waals surface area contributed by atoms with E-state index in [1.165, 1.54) is 61.8 Å². The number of ether oxygens (including phenoxy) is 1. The van der Waals surface area contributed by atoms with Crippen LogP contribution in [-0.2, 0) is 6.42 Å². The number of halogens is 3. The van der Waals surface area contributed by atoms with Gasteiger partial charge in [0.25, 0.3) is 6.43 Å². The first-order valence-corrected chi connectivity index (χ1v) is 12.0. The van der Waals surface area contributed by atoms with Gasteiger partial charge in [0.2, 0.25) is 0 Å². The summed E-state index contributed by atoms with van der Waals surface area (Å²) < 4.78 is 46.3. The van der Waals surface area contributed by atoms with Gasteiger partial charge in [-0.25, -0.2) is 13.2 Å². The highest BCUT2D eigenvalue weighted by molar-refractivity contribution is 5.57. The molecule has 0 unspecified atom stereocenters. The highest BCUT2D eigenvalue weighted by Crippen LogP contribution is 2.37.